The first-order chi connectivity index (χ1) is 9.24. The highest BCUT2D eigenvalue weighted by Crippen LogP contribution is 2.27. The summed E-state index contributed by atoms with van der Waals surface area (Å²) < 4.78 is 5.66. The Kier molecular flexibility index (Phi) is 4.80. The third-order valence-electron chi connectivity index (χ3n) is 2.83. The van der Waals surface area contributed by atoms with Crippen LogP contribution in [0.25, 0.3) is 0 Å². The third-order valence-corrected chi connectivity index (χ3v) is 3.19. The van der Waals surface area contributed by atoms with Crippen LogP contribution in [0.2, 0.25) is 5.02 Å². The lowest BCUT2D eigenvalue weighted by molar-refractivity contribution is 0.259. The van der Waals surface area contributed by atoms with Crippen molar-refractivity contribution in [3.8, 4) is 5.75 Å². The fourth-order valence-corrected chi connectivity index (χ4v) is 1.96. The smallest absolute Gasteiger partial charge is 0.126 e. The van der Waals surface area contributed by atoms with Gasteiger partial charge in [-0.3, -0.25) is 0 Å². The first-order valence-corrected chi connectivity index (χ1v) is 6.32. The highest BCUT2D eigenvalue weighted by Gasteiger charge is 2.07. The maximum Gasteiger partial charge on any atom is 0.126 e. The van der Waals surface area contributed by atoms with Crippen LogP contribution in [0.15, 0.2) is 42.5 Å². The molecule has 3 nitrogen and oxygen atoms in total. The molecule has 4 heteroatoms. The van der Waals surface area contributed by atoms with E-state index in [9.17, 15) is 5.11 Å². The van der Waals surface area contributed by atoms with Crippen LogP contribution in [-0.4, -0.2) is 10.2 Å². The maximum atomic E-state index is 9.27. The number of halogens is 1. The van der Waals surface area contributed by atoms with Gasteiger partial charge in [0.15, 0.2) is 0 Å². The molecule has 0 aromatic heterocycles. The van der Waals surface area contributed by atoms with Gasteiger partial charge in [-0.25, -0.2) is 0 Å². The van der Waals surface area contributed by atoms with Gasteiger partial charge in [0.05, 0.1) is 13.2 Å². The molecule has 0 unspecified atom stereocenters. The minimum atomic E-state index is -0.154. The van der Waals surface area contributed by atoms with Gasteiger partial charge in [0.25, 0.3) is 0 Å². The molecular formula is C15H15ClO3. The molecule has 0 radical (unpaired) electrons. The molecule has 0 saturated heterocycles. The Labute approximate surface area is 117 Å². The summed E-state index contributed by atoms with van der Waals surface area (Å²) in [7, 11) is 0. The second-order valence-electron chi connectivity index (χ2n) is 4.14. The maximum absolute atomic E-state index is 9.27. The quantitative estimate of drug-likeness (QED) is 0.884. The van der Waals surface area contributed by atoms with E-state index in [-0.39, 0.29) is 13.2 Å². The number of hydrogen-bond acceptors (Lipinski definition) is 3. The average Bonchev–Trinajstić information content (AvgIpc) is 2.45. The predicted octanol–water partition coefficient (Wildman–Crippen LogP) is 2.90. The van der Waals surface area contributed by atoms with Crippen LogP contribution in [0.5, 0.6) is 5.75 Å². The van der Waals surface area contributed by atoms with E-state index in [1.54, 1.807) is 18.2 Å². The number of aliphatic hydroxyl groups excluding tert-OH is 2. The van der Waals surface area contributed by atoms with Crippen LogP contribution in [-0.2, 0) is 19.8 Å². The van der Waals surface area contributed by atoms with Crippen molar-refractivity contribution in [2.24, 2.45) is 0 Å². The summed E-state index contributed by atoms with van der Waals surface area (Å²) in [6, 6.07) is 12.8. The molecular weight excluding hydrogens is 264 g/mol. The van der Waals surface area contributed by atoms with E-state index in [0.717, 1.165) is 11.1 Å². The Balaban J connectivity index is 2.07. The predicted molar refractivity (Wildman–Crippen MR) is 74.1 cm³/mol. The minimum Gasteiger partial charge on any atom is -0.488 e. The van der Waals surface area contributed by atoms with Gasteiger partial charge >= 0.3 is 0 Å². The summed E-state index contributed by atoms with van der Waals surface area (Å²) in [4.78, 5) is 0. The van der Waals surface area contributed by atoms with E-state index in [4.69, 9.17) is 21.4 Å². The number of hydrogen-bond donors (Lipinski definition) is 2. The molecule has 0 aliphatic rings. The molecule has 2 N–H and O–H groups in total. The molecule has 0 fully saturated rings. The van der Waals surface area contributed by atoms with Gasteiger partial charge in [-0.15, -0.1) is 0 Å². The van der Waals surface area contributed by atoms with E-state index in [1.165, 1.54) is 0 Å². The molecule has 0 saturated carbocycles. The Morgan fingerprint density at radius 1 is 0.895 bits per heavy atom. The van der Waals surface area contributed by atoms with Crippen LogP contribution in [0, 0.1) is 0 Å². The summed E-state index contributed by atoms with van der Waals surface area (Å²) in [6.45, 7) is 0.265. The zero-order chi connectivity index (χ0) is 13.7. The minimum absolute atomic E-state index is 0.0318. The average molecular weight is 279 g/mol. The molecule has 2 aromatic rings. The molecule has 2 rings (SSSR count). The van der Waals surface area contributed by atoms with Gasteiger partial charge in [0.2, 0.25) is 0 Å². The second-order valence-corrected chi connectivity index (χ2v) is 4.55. The molecule has 0 bridgehead atoms. The molecule has 0 aliphatic heterocycles. The van der Waals surface area contributed by atoms with Crippen molar-refractivity contribution in [2.75, 3.05) is 0 Å². The number of aliphatic hydroxyl groups is 2. The van der Waals surface area contributed by atoms with Crippen LogP contribution < -0.4 is 4.74 Å². The van der Waals surface area contributed by atoms with Gasteiger partial charge in [0, 0.05) is 10.6 Å². The highest BCUT2D eigenvalue weighted by atomic mass is 35.5. The molecule has 2 aromatic carbocycles. The molecule has 0 amide bonds. The van der Waals surface area contributed by atoms with Crippen LogP contribution >= 0.6 is 11.6 Å². The Bertz CT molecular complexity index is 538. The van der Waals surface area contributed by atoms with E-state index in [2.05, 4.69) is 0 Å². The van der Waals surface area contributed by atoms with Crippen molar-refractivity contribution in [3.05, 3.63) is 64.2 Å². The van der Waals surface area contributed by atoms with Crippen LogP contribution in [0.3, 0.4) is 0 Å². The Morgan fingerprint density at radius 3 is 2.21 bits per heavy atom. The summed E-state index contributed by atoms with van der Waals surface area (Å²) in [5.74, 6) is 0.584. The number of rotatable bonds is 5. The summed E-state index contributed by atoms with van der Waals surface area (Å²) in [6.07, 6.45) is 0. The zero-order valence-electron chi connectivity index (χ0n) is 10.3. The second kappa shape index (κ2) is 6.57. The normalized spacial score (nSPS) is 10.5. The fourth-order valence-electron chi connectivity index (χ4n) is 1.73. The molecule has 0 spiro atoms. The van der Waals surface area contributed by atoms with Gasteiger partial charge in [-0.2, -0.15) is 0 Å². The van der Waals surface area contributed by atoms with E-state index in [1.807, 2.05) is 24.3 Å². The summed E-state index contributed by atoms with van der Waals surface area (Å²) in [5, 5.41) is 18.7. The van der Waals surface area contributed by atoms with Gasteiger partial charge < -0.3 is 14.9 Å². The largest absolute Gasteiger partial charge is 0.488 e. The zero-order valence-corrected chi connectivity index (χ0v) is 11.1. The molecule has 0 aliphatic carbocycles. The van der Waals surface area contributed by atoms with Crippen LogP contribution in [0.1, 0.15) is 16.7 Å². The summed E-state index contributed by atoms with van der Waals surface area (Å²) in [5.41, 5.74) is 2.44. The Morgan fingerprint density at radius 2 is 1.58 bits per heavy atom. The first-order valence-electron chi connectivity index (χ1n) is 5.94. The monoisotopic (exact) mass is 278 g/mol. The lowest BCUT2D eigenvalue weighted by Crippen LogP contribution is -1.99. The van der Waals surface area contributed by atoms with Gasteiger partial charge in [-0.05, 0) is 23.3 Å². The van der Waals surface area contributed by atoms with Gasteiger partial charge in [0.1, 0.15) is 12.4 Å². The molecule has 0 atom stereocenters. The SMILES string of the molecule is OCc1ccc(COc2cccc(Cl)c2CO)cc1. The first kappa shape index (κ1) is 13.9. The Hall–Kier alpha value is -1.55. The molecule has 19 heavy (non-hydrogen) atoms. The lowest BCUT2D eigenvalue weighted by atomic mass is 10.1. The van der Waals surface area contributed by atoms with Crippen molar-refractivity contribution in [3.63, 3.8) is 0 Å². The highest BCUT2D eigenvalue weighted by molar-refractivity contribution is 6.31. The molecule has 100 valence electrons. The standard InChI is InChI=1S/C15H15ClO3/c16-14-2-1-3-15(13(14)9-18)19-10-12-6-4-11(8-17)5-7-12/h1-7,17-18H,8-10H2. The fraction of sp³-hybridized carbons (Fsp3) is 0.200. The summed E-state index contributed by atoms with van der Waals surface area (Å²) >= 11 is 5.98. The van der Waals surface area contributed by atoms with Crippen molar-refractivity contribution < 1.29 is 14.9 Å². The molecule has 0 heterocycles. The number of benzene rings is 2. The van der Waals surface area contributed by atoms with Crippen molar-refractivity contribution >= 4 is 11.6 Å². The van der Waals surface area contributed by atoms with E-state index < -0.39 is 0 Å². The van der Waals surface area contributed by atoms with Crippen molar-refractivity contribution in [1.29, 1.82) is 0 Å². The van der Waals surface area contributed by atoms with E-state index >= 15 is 0 Å². The van der Waals surface area contributed by atoms with E-state index in [0.29, 0.717) is 22.9 Å². The number of ether oxygens (including phenoxy) is 1. The van der Waals surface area contributed by atoms with Crippen molar-refractivity contribution in [1.82, 2.24) is 0 Å². The van der Waals surface area contributed by atoms with Gasteiger partial charge in [-0.1, -0.05) is 41.9 Å². The van der Waals surface area contributed by atoms with Crippen LogP contribution in [0.4, 0.5) is 0 Å². The topological polar surface area (TPSA) is 49.7 Å². The van der Waals surface area contributed by atoms with Crippen molar-refractivity contribution in [2.45, 2.75) is 19.8 Å². The third kappa shape index (κ3) is 3.47. The lowest BCUT2D eigenvalue weighted by Gasteiger charge is -2.11.